The van der Waals surface area contributed by atoms with Crippen LogP contribution in [-0.2, 0) is 56.6 Å². The zero-order valence-corrected chi connectivity index (χ0v) is 39.3. The van der Waals surface area contributed by atoms with Crippen molar-refractivity contribution in [2.75, 3.05) is 41.3 Å². The molecule has 0 aliphatic carbocycles. The van der Waals surface area contributed by atoms with Crippen LogP contribution in [0.3, 0.4) is 0 Å². The van der Waals surface area contributed by atoms with Crippen LogP contribution >= 0.6 is 0 Å². The minimum absolute atomic E-state index is 0. The summed E-state index contributed by atoms with van der Waals surface area (Å²) in [5.74, 6) is -2.70. The Labute approximate surface area is 351 Å². The van der Waals surface area contributed by atoms with Crippen LogP contribution in [0.25, 0.3) is 0 Å². The Bertz CT molecular complexity index is 1350. The topological polar surface area (TPSA) is 155 Å². The number of ether oxygens (including phenoxy) is 6. The Hall–Kier alpha value is -1.17. The molecule has 1 N–H and O–H groups in total. The van der Waals surface area contributed by atoms with Crippen molar-refractivity contribution in [2.24, 2.45) is 28.2 Å². The van der Waals surface area contributed by atoms with Crippen molar-refractivity contribution in [1.82, 2.24) is 15.1 Å². The zero-order valence-electron chi connectivity index (χ0n) is 33.8. The number of nitrogens with zero attached hydrogens (tertiary/aromatic N) is 3. The molecule has 2 bridgehead atoms. The van der Waals surface area contributed by atoms with Gasteiger partial charge in [0.15, 0.2) is 11.9 Å². The number of esters is 1. The van der Waals surface area contributed by atoms with E-state index in [-0.39, 0.29) is 87.1 Å². The van der Waals surface area contributed by atoms with Crippen molar-refractivity contribution in [1.29, 1.82) is 0 Å². The molecular weight excluding hydrogens is 949 g/mol. The maximum absolute atomic E-state index is 14.6. The number of nitrogens with one attached hydrogen (secondary N) is 1. The summed E-state index contributed by atoms with van der Waals surface area (Å²) in [5.41, 5.74) is -3.53. The van der Waals surface area contributed by atoms with Gasteiger partial charge in [-0.3, -0.25) is 19.5 Å². The molecule has 14 nitrogen and oxygen atoms in total. The molecule has 16 heteroatoms. The number of ketones is 1. The van der Waals surface area contributed by atoms with E-state index in [0.717, 1.165) is 0 Å². The molecule has 0 saturated carbocycles. The van der Waals surface area contributed by atoms with E-state index in [9.17, 15) is 19.2 Å². The number of carbonyl (C=O) groups is 4. The van der Waals surface area contributed by atoms with Crippen molar-refractivity contribution >= 4 is 29.7 Å². The van der Waals surface area contributed by atoms with E-state index in [2.05, 4.69) is 15.2 Å². The molecule has 0 aromatic rings. The SMILES string of the molecule is CC[C@H]1OC(=O)C(C)(C)[CH-][C@H](C)[C@@H](O[C@@H]2O[C@H](C)C[C@H](N(C)C)[C@H]2OC)[C@@]2(C)C[C@@H](C)C(=O)[C@H](C)[C@H]3N(CC(=NC)CNC(=O)O2)C(=O)O[C@]13C.[U].[V]. The summed E-state index contributed by atoms with van der Waals surface area (Å²) in [6, 6.07) is -0.862. The molecule has 4 aliphatic rings. The van der Waals surface area contributed by atoms with Gasteiger partial charge >= 0.3 is 12.2 Å². The van der Waals surface area contributed by atoms with E-state index in [4.69, 9.17) is 28.4 Å². The summed E-state index contributed by atoms with van der Waals surface area (Å²) in [7, 11) is 7.13. The van der Waals surface area contributed by atoms with Crippen molar-refractivity contribution in [3.63, 3.8) is 0 Å². The van der Waals surface area contributed by atoms with Gasteiger partial charge in [-0.25, -0.2) is 9.59 Å². The minimum Gasteiger partial charge on any atom is -0.460 e. The van der Waals surface area contributed by atoms with Gasteiger partial charge < -0.3 is 45.1 Å². The number of hydrogen-bond donors (Lipinski definition) is 1. The number of hydrogen-bond acceptors (Lipinski definition) is 12. The number of Topliss-reactive ketones (excluding diaryl/α,β-unsaturated/α-hetero) is 1. The van der Waals surface area contributed by atoms with Gasteiger partial charge in [0.25, 0.3) is 5.97 Å². The molecule has 4 heterocycles. The van der Waals surface area contributed by atoms with Crippen molar-refractivity contribution < 1.29 is 97.3 Å². The van der Waals surface area contributed by atoms with Gasteiger partial charge in [0, 0.05) is 81.7 Å². The Morgan fingerprint density at radius 1 is 1.06 bits per heavy atom. The number of likely N-dealkylation sites (N-methyl/N-ethyl adjacent to an activating group) is 1. The van der Waals surface area contributed by atoms with Gasteiger partial charge in [0.2, 0.25) is 0 Å². The number of fused-ring (bicyclic) bond motifs is 4. The summed E-state index contributed by atoms with van der Waals surface area (Å²) in [6.07, 6.45) is -1.83. The van der Waals surface area contributed by atoms with E-state index in [1.165, 1.54) is 4.90 Å². The Morgan fingerprint density at radius 3 is 2.26 bits per heavy atom. The number of carbonyl (C=O) groups excluding carboxylic acids is 4. The second kappa shape index (κ2) is 18.8. The van der Waals surface area contributed by atoms with Gasteiger partial charge in [0.1, 0.15) is 23.6 Å². The first kappa shape index (κ1) is 48.0. The van der Waals surface area contributed by atoms with Crippen molar-refractivity contribution in [3.05, 3.63) is 6.42 Å². The average Bonchev–Trinajstić information content (AvgIpc) is 3.30. The Kier molecular flexibility index (Phi) is 17.1. The van der Waals surface area contributed by atoms with Crippen molar-refractivity contribution in [2.45, 2.75) is 136 Å². The molecule has 12 atom stereocenters. The molecule has 0 unspecified atom stereocenters. The van der Waals surface area contributed by atoms with Gasteiger partial charge in [-0.1, -0.05) is 47.0 Å². The number of aliphatic imine (C=N–C) groups is 1. The Balaban J connectivity index is 0.00000486. The van der Waals surface area contributed by atoms with Crippen LogP contribution in [0.2, 0.25) is 0 Å². The second-order valence-electron chi connectivity index (χ2n) is 16.2. The molecule has 53 heavy (non-hydrogen) atoms. The second-order valence-corrected chi connectivity index (χ2v) is 16.2. The van der Waals surface area contributed by atoms with E-state index in [0.29, 0.717) is 18.6 Å². The number of rotatable bonds is 5. The fraction of sp³-hybridized carbons (Fsp3) is 0.838. The standard InChI is InChI=1S/C37H61N4O10.U.V/c1-14-26-37(9)29-23(5)27(42)20(2)17-36(8,50-33(44)39-18-24(38-10)19-41(29)34(45)51-37)30(21(3)16-35(6,7)32(43)48-26)49-31-28(46-13)25(40(11)12)15-22(4)47-31;;/h16,20-23,25-26,28-31H,14-15,17-19H2,1-13H3,(H,39,44);;/q-1;;/t20-,21+,22-,23+,25+,26-,28-,29-,30-,31+,36-,37-;;/m1../s1. The molecule has 4 rings (SSSR count). The van der Waals surface area contributed by atoms with Gasteiger partial charge in [-0.2, -0.15) is 0 Å². The van der Waals surface area contributed by atoms with Crippen molar-refractivity contribution in [3.8, 4) is 0 Å². The molecule has 0 spiro atoms. The molecule has 2 amide bonds. The summed E-state index contributed by atoms with van der Waals surface area (Å²) >= 11 is 0. The third-order valence-corrected chi connectivity index (χ3v) is 11.4. The van der Waals surface area contributed by atoms with E-state index in [1.54, 1.807) is 55.7 Å². The van der Waals surface area contributed by atoms with E-state index >= 15 is 0 Å². The maximum atomic E-state index is 14.6. The van der Waals surface area contributed by atoms with E-state index in [1.807, 2.05) is 41.3 Å². The number of alkyl carbamates (subject to hydrolysis) is 1. The summed E-state index contributed by atoms with van der Waals surface area (Å²) < 4.78 is 38.0. The smallest absolute Gasteiger partial charge is 0.411 e. The van der Waals surface area contributed by atoms with Crippen LogP contribution in [-0.4, -0.2) is 135 Å². The first-order valence-electron chi connectivity index (χ1n) is 18.2. The molecular formula is C37H61N4O10UV-. The van der Waals surface area contributed by atoms with Crippen LogP contribution in [0.15, 0.2) is 4.99 Å². The average molecular weight is 1010 g/mol. The largest absolute Gasteiger partial charge is 0.460 e. The van der Waals surface area contributed by atoms with Gasteiger partial charge in [0.05, 0.1) is 37.1 Å². The molecule has 0 aromatic carbocycles. The summed E-state index contributed by atoms with van der Waals surface area (Å²) in [5, 5.41) is 2.81. The van der Waals surface area contributed by atoms with Crippen LogP contribution in [0.4, 0.5) is 9.59 Å². The maximum Gasteiger partial charge on any atom is 0.411 e. The van der Waals surface area contributed by atoms with Crippen LogP contribution in [0.5, 0.6) is 0 Å². The number of cyclic esters (lactones) is 1. The molecule has 299 valence electrons. The Morgan fingerprint density at radius 2 is 1.70 bits per heavy atom. The molecule has 1 radical (unpaired) electrons. The quantitative estimate of drug-likeness (QED) is 0.242. The monoisotopic (exact) mass is 1010 g/mol. The summed E-state index contributed by atoms with van der Waals surface area (Å²) in [6.45, 7) is 16.2. The normalized spacial score (nSPS) is 40.5. The molecule has 0 aromatic heterocycles. The van der Waals surface area contributed by atoms with Crippen LogP contribution in [0, 0.1) is 60.7 Å². The molecule has 4 aliphatic heterocycles. The van der Waals surface area contributed by atoms with Crippen LogP contribution in [0.1, 0.15) is 81.6 Å². The predicted octanol–water partition coefficient (Wildman–Crippen LogP) is 4.03. The number of methoxy groups -OCH3 is 1. The third-order valence-electron chi connectivity index (χ3n) is 11.4. The molecule has 4 saturated heterocycles. The zero-order chi connectivity index (χ0) is 38.2. The van der Waals surface area contributed by atoms with Crippen LogP contribution < -0.4 is 5.32 Å². The first-order chi connectivity index (χ1) is 23.7. The fourth-order valence-corrected chi connectivity index (χ4v) is 8.84. The fourth-order valence-electron chi connectivity index (χ4n) is 8.84. The van der Waals surface area contributed by atoms with E-state index < -0.39 is 83.2 Å². The molecule has 4 fully saturated rings. The summed E-state index contributed by atoms with van der Waals surface area (Å²) in [4.78, 5) is 64.1. The van der Waals surface area contributed by atoms with Gasteiger partial charge in [-0.15, -0.1) is 5.92 Å². The first-order valence-corrected chi connectivity index (χ1v) is 18.2. The van der Waals surface area contributed by atoms with Gasteiger partial charge in [-0.05, 0) is 54.1 Å². The predicted molar refractivity (Wildman–Crippen MR) is 189 cm³/mol. The minimum atomic E-state index is -1.44. The number of amides is 2. The third kappa shape index (κ3) is 10.0.